The van der Waals surface area contributed by atoms with Crippen LogP contribution < -0.4 is 10.5 Å². The van der Waals surface area contributed by atoms with E-state index in [9.17, 15) is 4.39 Å². The SMILES string of the molecule is CCC(N)C(Oc1ccc(C#N)cc1)c1cccc(F)c1. The van der Waals surface area contributed by atoms with Crippen molar-refractivity contribution in [3.63, 3.8) is 0 Å². The Morgan fingerprint density at radius 1 is 1.24 bits per heavy atom. The third kappa shape index (κ3) is 3.80. The lowest BCUT2D eigenvalue weighted by molar-refractivity contribution is 0.170. The molecule has 108 valence electrons. The Kier molecular flexibility index (Phi) is 4.91. The van der Waals surface area contributed by atoms with Crippen molar-refractivity contribution >= 4 is 0 Å². The number of benzene rings is 2. The summed E-state index contributed by atoms with van der Waals surface area (Å²) in [6.45, 7) is 1.96. The lowest BCUT2D eigenvalue weighted by Gasteiger charge is -2.24. The molecule has 2 N–H and O–H groups in total. The number of hydrogen-bond donors (Lipinski definition) is 1. The zero-order chi connectivity index (χ0) is 15.2. The number of halogens is 1. The normalized spacial score (nSPS) is 13.2. The van der Waals surface area contributed by atoms with E-state index >= 15 is 0 Å². The molecule has 0 spiro atoms. The smallest absolute Gasteiger partial charge is 0.139 e. The lowest BCUT2D eigenvalue weighted by Crippen LogP contribution is -2.31. The molecule has 0 aliphatic heterocycles. The first-order valence-corrected chi connectivity index (χ1v) is 6.82. The molecule has 2 aromatic carbocycles. The second kappa shape index (κ2) is 6.87. The van der Waals surface area contributed by atoms with E-state index in [0.29, 0.717) is 23.3 Å². The highest BCUT2D eigenvalue weighted by molar-refractivity contribution is 5.35. The van der Waals surface area contributed by atoms with Gasteiger partial charge >= 0.3 is 0 Å². The zero-order valence-electron chi connectivity index (χ0n) is 11.8. The van der Waals surface area contributed by atoms with E-state index in [2.05, 4.69) is 6.07 Å². The highest BCUT2D eigenvalue weighted by atomic mass is 19.1. The van der Waals surface area contributed by atoms with Gasteiger partial charge in [0, 0.05) is 6.04 Å². The first-order valence-electron chi connectivity index (χ1n) is 6.82. The van der Waals surface area contributed by atoms with Gasteiger partial charge in [-0.2, -0.15) is 5.26 Å². The first kappa shape index (κ1) is 15.0. The van der Waals surface area contributed by atoms with E-state index in [1.165, 1.54) is 12.1 Å². The molecule has 2 rings (SSSR count). The van der Waals surface area contributed by atoms with E-state index in [1.807, 2.05) is 6.92 Å². The summed E-state index contributed by atoms with van der Waals surface area (Å²) >= 11 is 0. The average Bonchev–Trinajstić information content (AvgIpc) is 2.52. The third-order valence-electron chi connectivity index (χ3n) is 3.28. The molecule has 0 saturated heterocycles. The standard InChI is InChI=1S/C17H17FN2O/c1-2-16(20)17(13-4-3-5-14(18)10-13)21-15-8-6-12(11-19)7-9-15/h3-10,16-17H,2,20H2,1H3. The molecule has 0 heterocycles. The summed E-state index contributed by atoms with van der Waals surface area (Å²) < 4.78 is 19.3. The van der Waals surface area contributed by atoms with Gasteiger partial charge in [-0.1, -0.05) is 19.1 Å². The van der Waals surface area contributed by atoms with Crippen LogP contribution in [-0.4, -0.2) is 6.04 Å². The van der Waals surface area contributed by atoms with Crippen molar-refractivity contribution in [1.29, 1.82) is 5.26 Å². The summed E-state index contributed by atoms with van der Waals surface area (Å²) in [7, 11) is 0. The molecule has 0 aliphatic carbocycles. The van der Waals surface area contributed by atoms with Crippen molar-refractivity contribution in [3.8, 4) is 11.8 Å². The summed E-state index contributed by atoms with van der Waals surface area (Å²) in [5.41, 5.74) is 7.37. The highest BCUT2D eigenvalue weighted by Gasteiger charge is 2.21. The summed E-state index contributed by atoms with van der Waals surface area (Å²) in [4.78, 5) is 0. The number of nitrogens with zero attached hydrogens (tertiary/aromatic N) is 1. The van der Waals surface area contributed by atoms with Gasteiger partial charge in [-0.05, 0) is 48.4 Å². The Hall–Kier alpha value is -2.38. The molecule has 3 nitrogen and oxygen atoms in total. The minimum atomic E-state index is -0.432. The molecule has 0 fully saturated rings. The summed E-state index contributed by atoms with van der Waals surface area (Å²) in [5.74, 6) is 0.288. The van der Waals surface area contributed by atoms with Crippen LogP contribution in [0, 0.1) is 17.1 Å². The van der Waals surface area contributed by atoms with Crippen LogP contribution in [0.15, 0.2) is 48.5 Å². The molecule has 0 aromatic heterocycles. The van der Waals surface area contributed by atoms with Crippen LogP contribution in [0.4, 0.5) is 4.39 Å². The van der Waals surface area contributed by atoms with Crippen molar-refractivity contribution < 1.29 is 9.13 Å². The number of hydrogen-bond acceptors (Lipinski definition) is 3. The van der Waals surface area contributed by atoms with Crippen molar-refractivity contribution in [2.75, 3.05) is 0 Å². The Morgan fingerprint density at radius 3 is 2.52 bits per heavy atom. The highest BCUT2D eigenvalue weighted by Crippen LogP contribution is 2.26. The summed E-state index contributed by atoms with van der Waals surface area (Å²) in [6, 6.07) is 14.8. The molecule has 21 heavy (non-hydrogen) atoms. The predicted molar refractivity (Wildman–Crippen MR) is 79.2 cm³/mol. The zero-order valence-corrected chi connectivity index (χ0v) is 11.8. The molecule has 0 amide bonds. The van der Waals surface area contributed by atoms with E-state index in [4.69, 9.17) is 15.7 Å². The Labute approximate surface area is 123 Å². The number of rotatable bonds is 5. The fraction of sp³-hybridized carbons (Fsp3) is 0.235. The van der Waals surface area contributed by atoms with Crippen LogP contribution in [0.5, 0.6) is 5.75 Å². The topological polar surface area (TPSA) is 59.0 Å². The van der Waals surface area contributed by atoms with Crippen LogP contribution in [0.25, 0.3) is 0 Å². The van der Waals surface area contributed by atoms with Crippen molar-refractivity contribution in [3.05, 3.63) is 65.5 Å². The van der Waals surface area contributed by atoms with Crippen molar-refractivity contribution in [2.24, 2.45) is 5.73 Å². The van der Waals surface area contributed by atoms with Gasteiger partial charge in [0.1, 0.15) is 17.7 Å². The maximum absolute atomic E-state index is 13.4. The Bertz CT molecular complexity index is 634. The molecule has 2 aromatic rings. The number of nitrogens with two attached hydrogens (primary N) is 1. The first-order chi connectivity index (χ1) is 10.1. The number of nitriles is 1. The van der Waals surface area contributed by atoms with Crippen LogP contribution in [0.3, 0.4) is 0 Å². The van der Waals surface area contributed by atoms with Crippen LogP contribution in [0.1, 0.15) is 30.6 Å². The molecule has 0 saturated carbocycles. The fourth-order valence-corrected chi connectivity index (χ4v) is 2.05. The Balaban J connectivity index is 2.26. The second-order valence-electron chi connectivity index (χ2n) is 4.80. The van der Waals surface area contributed by atoms with Gasteiger partial charge in [0.05, 0.1) is 11.6 Å². The van der Waals surface area contributed by atoms with E-state index < -0.39 is 6.10 Å². The predicted octanol–water partition coefficient (Wildman–Crippen LogP) is 3.55. The van der Waals surface area contributed by atoms with Gasteiger partial charge in [-0.25, -0.2) is 4.39 Å². The molecule has 2 atom stereocenters. The average molecular weight is 284 g/mol. The van der Waals surface area contributed by atoms with Crippen LogP contribution in [-0.2, 0) is 0 Å². The minimum Gasteiger partial charge on any atom is -0.484 e. The minimum absolute atomic E-state index is 0.248. The third-order valence-corrected chi connectivity index (χ3v) is 3.28. The lowest BCUT2D eigenvalue weighted by atomic mass is 10.0. The van der Waals surface area contributed by atoms with Gasteiger partial charge in [0.2, 0.25) is 0 Å². The summed E-state index contributed by atoms with van der Waals surface area (Å²) in [5, 5.41) is 8.79. The maximum Gasteiger partial charge on any atom is 0.139 e. The van der Waals surface area contributed by atoms with Gasteiger partial charge in [-0.3, -0.25) is 0 Å². The van der Waals surface area contributed by atoms with Gasteiger partial charge < -0.3 is 10.5 Å². The van der Waals surface area contributed by atoms with Gasteiger partial charge in [0.15, 0.2) is 0 Å². The van der Waals surface area contributed by atoms with Crippen LogP contribution in [0.2, 0.25) is 0 Å². The van der Waals surface area contributed by atoms with Crippen molar-refractivity contribution in [2.45, 2.75) is 25.5 Å². The molecule has 4 heteroatoms. The quantitative estimate of drug-likeness (QED) is 0.913. The monoisotopic (exact) mass is 284 g/mol. The Morgan fingerprint density at radius 2 is 1.95 bits per heavy atom. The van der Waals surface area contributed by atoms with Gasteiger partial charge in [0.25, 0.3) is 0 Å². The van der Waals surface area contributed by atoms with Crippen LogP contribution >= 0.6 is 0 Å². The fourth-order valence-electron chi connectivity index (χ4n) is 2.05. The van der Waals surface area contributed by atoms with E-state index in [-0.39, 0.29) is 11.9 Å². The summed E-state index contributed by atoms with van der Waals surface area (Å²) in [6.07, 6.45) is 0.274. The molecular weight excluding hydrogens is 267 g/mol. The van der Waals surface area contributed by atoms with E-state index in [0.717, 1.165) is 0 Å². The largest absolute Gasteiger partial charge is 0.484 e. The number of ether oxygens (including phenoxy) is 1. The maximum atomic E-state index is 13.4. The molecule has 0 radical (unpaired) electrons. The molecule has 0 aliphatic rings. The second-order valence-corrected chi connectivity index (χ2v) is 4.80. The van der Waals surface area contributed by atoms with Gasteiger partial charge in [-0.15, -0.1) is 0 Å². The molecule has 0 bridgehead atoms. The molecular formula is C17H17FN2O. The molecule has 2 unspecified atom stereocenters. The van der Waals surface area contributed by atoms with Crippen molar-refractivity contribution in [1.82, 2.24) is 0 Å². The van der Waals surface area contributed by atoms with E-state index in [1.54, 1.807) is 36.4 Å².